The van der Waals surface area contributed by atoms with E-state index in [0.29, 0.717) is 0 Å². The fraction of sp³-hybridized carbons (Fsp3) is 1.00. The minimum absolute atomic E-state index is 0.767. The van der Waals surface area contributed by atoms with Crippen molar-refractivity contribution in [1.82, 2.24) is 4.90 Å². The second kappa shape index (κ2) is 10.9. The quantitative estimate of drug-likeness (QED) is 0.491. The highest BCUT2D eigenvalue weighted by Crippen LogP contribution is 1.95. The molecule has 0 aromatic heterocycles. The highest BCUT2D eigenvalue weighted by Gasteiger charge is 2.02. The van der Waals surface area contributed by atoms with Gasteiger partial charge >= 0.3 is 0 Å². The molecule has 0 atom stereocenters. The molecule has 0 aliphatic carbocycles. The van der Waals surface area contributed by atoms with Gasteiger partial charge in [-0.3, -0.25) is 0 Å². The van der Waals surface area contributed by atoms with E-state index >= 15 is 0 Å². The Hall–Kier alpha value is -0.160. The van der Waals surface area contributed by atoms with Gasteiger partial charge in [-0.25, -0.2) is 0 Å². The summed E-state index contributed by atoms with van der Waals surface area (Å²) in [4.78, 5) is 2.42. The van der Waals surface area contributed by atoms with Gasteiger partial charge in [0.1, 0.15) is 0 Å². The summed E-state index contributed by atoms with van der Waals surface area (Å²) < 4.78 is 5.03. The molecule has 0 unspecified atom stereocenters. The van der Waals surface area contributed by atoms with E-state index in [2.05, 4.69) is 4.90 Å². The molecule has 0 spiro atoms. The van der Waals surface area contributed by atoms with E-state index in [1.807, 2.05) is 0 Å². The van der Waals surface area contributed by atoms with E-state index in [-0.39, 0.29) is 0 Å². The number of nitrogens with zero attached hydrogens (tertiary/aromatic N) is 1. The van der Waals surface area contributed by atoms with Gasteiger partial charge in [0, 0.05) is 20.3 Å². The van der Waals surface area contributed by atoms with Gasteiger partial charge in [-0.05, 0) is 45.4 Å². The van der Waals surface area contributed by atoms with Crippen molar-refractivity contribution in [3.8, 4) is 0 Å². The van der Waals surface area contributed by atoms with Crippen LogP contribution in [0.25, 0.3) is 0 Å². The molecule has 14 heavy (non-hydrogen) atoms. The van der Waals surface area contributed by atoms with Crippen LogP contribution in [-0.2, 0) is 4.74 Å². The minimum Gasteiger partial charge on any atom is -0.385 e. The van der Waals surface area contributed by atoms with Crippen molar-refractivity contribution >= 4 is 0 Å². The monoisotopic (exact) mass is 203 g/mol. The molecule has 0 heterocycles. The lowest BCUT2D eigenvalue weighted by atomic mass is 10.3. The minimum atomic E-state index is 0.767. The maximum atomic E-state index is 5.48. The van der Waals surface area contributed by atoms with Gasteiger partial charge in [-0.1, -0.05) is 0 Å². The molecule has 0 fully saturated rings. The summed E-state index contributed by atoms with van der Waals surface area (Å²) in [6.07, 6.45) is 3.22. The highest BCUT2D eigenvalue weighted by atomic mass is 16.5. The van der Waals surface area contributed by atoms with Crippen LogP contribution < -0.4 is 11.5 Å². The molecule has 0 rings (SSSR count). The summed E-state index contributed by atoms with van der Waals surface area (Å²) in [5.41, 5.74) is 11.0. The number of rotatable bonds is 10. The largest absolute Gasteiger partial charge is 0.385 e. The maximum absolute atomic E-state index is 5.48. The van der Waals surface area contributed by atoms with Crippen LogP contribution in [0.3, 0.4) is 0 Å². The number of hydrogen-bond acceptors (Lipinski definition) is 4. The van der Waals surface area contributed by atoms with Gasteiger partial charge in [-0.15, -0.1) is 0 Å². The predicted octanol–water partition coefficient (Wildman–Crippen LogP) is 0.0225. The second-order valence-electron chi connectivity index (χ2n) is 3.47. The third-order valence-electron chi connectivity index (χ3n) is 2.18. The third kappa shape index (κ3) is 8.44. The fourth-order valence-corrected chi connectivity index (χ4v) is 1.40. The number of nitrogens with two attached hydrogens (primary N) is 2. The normalized spacial score (nSPS) is 11.1. The van der Waals surface area contributed by atoms with Crippen molar-refractivity contribution in [2.45, 2.75) is 19.3 Å². The molecule has 4 heteroatoms. The molecule has 0 aromatic carbocycles. The van der Waals surface area contributed by atoms with E-state index in [9.17, 15) is 0 Å². The average molecular weight is 203 g/mol. The Morgan fingerprint density at radius 1 is 0.929 bits per heavy atom. The van der Waals surface area contributed by atoms with Crippen LogP contribution in [0.1, 0.15) is 19.3 Å². The maximum Gasteiger partial charge on any atom is 0.0474 e. The molecular formula is C10H25N3O. The summed E-state index contributed by atoms with van der Waals surface area (Å²) in [6.45, 7) is 5.63. The van der Waals surface area contributed by atoms with Crippen LogP contribution in [0, 0.1) is 0 Å². The molecule has 0 amide bonds. The Morgan fingerprint density at radius 2 is 1.43 bits per heavy atom. The molecule has 0 aromatic rings. The van der Waals surface area contributed by atoms with E-state index in [1.165, 1.54) is 0 Å². The van der Waals surface area contributed by atoms with E-state index < -0.39 is 0 Å². The van der Waals surface area contributed by atoms with Gasteiger partial charge in [0.05, 0.1) is 0 Å². The lowest BCUT2D eigenvalue weighted by molar-refractivity contribution is 0.171. The summed E-state index contributed by atoms with van der Waals surface area (Å²) in [5.74, 6) is 0. The fourth-order valence-electron chi connectivity index (χ4n) is 1.40. The van der Waals surface area contributed by atoms with E-state index in [1.54, 1.807) is 7.11 Å². The van der Waals surface area contributed by atoms with Crippen molar-refractivity contribution in [2.75, 3.05) is 46.4 Å². The molecule has 0 radical (unpaired) electrons. The molecule has 4 nitrogen and oxygen atoms in total. The zero-order chi connectivity index (χ0) is 10.6. The van der Waals surface area contributed by atoms with Crippen molar-refractivity contribution in [1.29, 1.82) is 0 Å². The molecule has 0 aliphatic rings. The van der Waals surface area contributed by atoms with Gasteiger partial charge in [0.2, 0.25) is 0 Å². The zero-order valence-electron chi connectivity index (χ0n) is 9.37. The van der Waals surface area contributed by atoms with Crippen LogP contribution >= 0.6 is 0 Å². The van der Waals surface area contributed by atoms with Crippen LogP contribution in [0.2, 0.25) is 0 Å². The number of ether oxygens (including phenoxy) is 1. The molecule has 0 saturated heterocycles. The molecule has 0 saturated carbocycles. The average Bonchev–Trinajstić information content (AvgIpc) is 2.21. The SMILES string of the molecule is COCCCN(CCCN)CCCN. The van der Waals surface area contributed by atoms with Gasteiger partial charge in [0.15, 0.2) is 0 Å². The van der Waals surface area contributed by atoms with Gasteiger partial charge in [-0.2, -0.15) is 0 Å². The molecule has 0 bridgehead atoms. The second-order valence-corrected chi connectivity index (χ2v) is 3.47. The highest BCUT2D eigenvalue weighted by molar-refractivity contribution is 4.59. The Morgan fingerprint density at radius 3 is 1.86 bits per heavy atom. The summed E-state index contributed by atoms with van der Waals surface area (Å²) in [7, 11) is 1.74. The first kappa shape index (κ1) is 13.8. The Balaban J connectivity index is 3.49. The third-order valence-corrected chi connectivity index (χ3v) is 2.18. The van der Waals surface area contributed by atoms with Crippen LogP contribution in [-0.4, -0.2) is 51.3 Å². The summed E-state index contributed by atoms with van der Waals surface area (Å²) in [5, 5.41) is 0. The first-order valence-electron chi connectivity index (χ1n) is 5.46. The van der Waals surface area contributed by atoms with Crippen LogP contribution in [0.15, 0.2) is 0 Å². The molecule has 86 valence electrons. The van der Waals surface area contributed by atoms with Gasteiger partial charge in [0.25, 0.3) is 0 Å². The van der Waals surface area contributed by atoms with E-state index in [0.717, 1.165) is 58.6 Å². The molecule has 4 N–H and O–H groups in total. The standard InChI is InChI=1S/C10H25N3O/c1-14-10-4-9-13(7-2-5-11)8-3-6-12/h2-12H2,1H3. The first-order valence-corrected chi connectivity index (χ1v) is 5.46. The summed E-state index contributed by atoms with van der Waals surface area (Å²) >= 11 is 0. The van der Waals surface area contributed by atoms with Crippen molar-refractivity contribution < 1.29 is 4.74 Å². The number of methoxy groups -OCH3 is 1. The molecule has 0 aliphatic heterocycles. The lowest BCUT2D eigenvalue weighted by Gasteiger charge is -2.21. The topological polar surface area (TPSA) is 64.5 Å². The first-order chi connectivity index (χ1) is 6.85. The lowest BCUT2D eigenvalue weighted by Crippen LogP contribution is -2.30. The Kier molecular flexibility index (Phi) is 10.8. The van der Waals surface area contributed by atoms with E-state index in [4.69, 9.17) is 16.2 Å². The summed E-state index contributed by atoms with van der Waals surface area (Å²) in [6, 6.07) is 0. The number of hydrogen-bond donors (Lipinski definition) is 2. The van der Waals surface area contributed by atoms with Crippen molar-refractivity contribution in [2.24, 2.45) is 11.5 Å². The van der Waals surface area contributed by atoms with Crippen LogP contribution in [0.5, 0.6) is 0 Å². The molecular weight excluding hydrogens is 178 g/mol. The Bertz CT molecular complexity index is 104. The van der Waals surface area contributed by atoms with Crippen molar-refractivity contribution in [3.63, 3.8) is 0 Å². The van der Waals surface area contributed by atoms with Crippen LogP contribution in [0.4, 0.5) is 0 Å². The van der Waals surface area contributed by atoms with Gasteiger partial charge < -0.3 is 21.1 Å². The smallest absolute Gasteiger partial charge is 0.0474 e. The van der Waals surface area contributed by atoms with Crippen molar-refractivity contribution in [3.05, 3.63) is 0 Å². The zero-order valence-corrected chi connectivity index (χ0v) is 9.37. The Labute approximate surface area is 87.6 Å². The predicted molar refractivity (Wildman–Crippen MR) is 60.3 cm³/mol.